The zero-order chi connectivity index (χ0) is 23.3. The maximum Gasteiger partial charge on any atom is 0.410 e. The lowest BCUT2D eigenvalue weighted by atomic mass is 10.1. The summed E-state index contributed by atoms with van der Waals surface area (Å²) in [5, 5.41) is 16.2. The van der Waals surface area contributed by atoms with E-state index >= 15 is 0 Å². The number of amides is 2. The number of carbonyl (C=O) groups excluding carboxylic acids is 2. The van der Waals surface area contributed by atoms with Crippen LogP contribution in [0.15, 0.2) is 29.6 Å². The van der Waals surface area contributed by atoms with Crippen LogP contribution < -0.4 is 5.32 Å². The standard InChI is InChI=1S/C22H29N5O5/c1-21(2,3)32-20(31)26-9-10-27-16(13-26)15(12-25(27)4)18(28)24-22(7-8-22)17-6-5-14(11-23-17)19(29)30/h5-6,11H,7-10,12-13H2,1-4H3,(H,24,28)(H,29,30). The highest BCUT2D eigenvalue weighted by Crippen LogP contribution is 2.45. The number of rotatable bonds is 4. The molecular weight excluding hydrogens is 414 g/mol. The lowest BCUT2D eigenvalue weighted by molar-refractivity contribution is -0.118. The van der Waals surface area contributed by atoms with Gasteiger partial charge in [0.1, 0.15) is 5.60 Å². The van der Waals surface area contributed by atoms with Crippen molar-refractivity contribution >= 4 is 18.0 Å². The topological polar surface area (TPSA) is 115 Å². The Kier molecular flexibility index (Phi) is 5.36. The number of aromatic carboxylic acids is 1. The van der Waals surface area contributed by atoms with Crippen LogP contribution in [0.2, 0.25) is 0 Å². The van der Waals surface area contributed by atoms with E-state index in [9.17, 15) is 14.4 Å². The molecule has 0 unspecified atom stereocenters. The summed E-state index contributed by atoms with van der Waals surface area (Å²) >= 11 is 0. The van der Waals surface area contributed by atoms with Gasteiger partial charge in [0.05, 0.1) is 47.7 Å². The van der Waals surface area contributed by atoms with Crippen molar-refractivity contribution in [3.05, 3.63) is 40.9 Å². The van der Waals surface area contributed by atoms with Crippen molar-refractivity contribution in [1.82, 2.24) is 25.2 Å². The fraction of sp³-hybridized carbons (Fsp3) is 0.545. The molecule has 1 saturated carbocycles. The van der Waals surface area contributed by atoms with Gasteiger partial charge < -0.3 is 25.1 Å². The van der Waals surface area contributed by atoms with Gasteiger partial charge in [-0.05, 0) is 45.7 Å². The molecule has 1 saturated heterocycles. The number of nitrogens with one attached hydrogen (secondary N) is 1. The summed E-state index contributed by atoms with van der Waals surface area (Å²) in [6, 6.07) is 3.16. The molecule has 2 N–H and O–H groups in total. The molecule has 0 bridgehead atoms. The van der Waals surface area contributed by atoms with Gasteiger partial charge in [-0.15, -0.1) is 0 Å². The van der Waals surface area contributed by atoms with Gasteiger partial charge in [-0.1, -0.05) is 0 Å². The highest BCUT2D eigenvalue weighted by molar-refractivity contribution is 5.96. The average Bonchev–Trinajstić information content (AvgIpc) is 3.43. The first-order chi connectivity index (χ1) is 15.0. The Morgan fingerprint density at radius 1 is 1.16 bits per heavy atom. The minimum Gasteiger partial charge on any atom is -0.478 e. The molecule has 172 valence electrons. The van der Waals surface area contributed by atoms with Crippen molar-refractivity contribution in [2.75, 3.05) is 33.2 Å². The number of carboxylic acids is 1. The first-order valence-corrected chi connectivity index (χ1v) is 10.7. The van der Waals surface area contributed by atoms with Crippen molar-refractivity contribution in [3.63, 3.8) is 0 Å². The van der Waals surface area contributed by atoms with Crippen molar-refractivity contribution < 1.29 is 24.2 Å². The number of carboxylic acid groups (broad SMARTS) is 1. The van der Waals surface area contributed by atoms with Crippen LogP contribution in [0.5, 0.6) is 0 Å². The van der Waals surface area contributed by atoms with E-state index in [1.54, 1.807) is 11.0 Å². The van der Waals surface area contributed by atoms with Gasteiger partial charge in [-0.2, -0.15) is 0 Å². The molecule has 32 heavy (non-hydrogen) atoms. The molecule has 0 atom stereocenters. The van der Waals surface area contributed by atoms with Gasteiger partial charge in [0.2, 0.25) is 0 Å². The molecular formula is C22H29N5O5. The zero-order valence-electron chi connectivity index (χ0n) is 18.8. The third-order valence-corrected chi connectivity index (χ3v) is 5.91. The van der Waals surface area contributed by atoms with Crippen molar-refractivity contribution in [1.29, 1.82) is 0 Å². The van der Waals surface area contributed by atoms with E-state index in [0.29, 0.717) is 37.4 Å². The molecule has 2 aliphatic heterocycles. The number of piperazine rings is 1. The van der Waals surface area contributed by atoms with E-state index in [4.69, 9.17) is 9.84 Å². The number of pyridine rings is 1. The zero-order valence-corrected chi connectivity index (χ0v) is 18.8. The summed E-state index contributed by atoms with van der Waals surface area (Å²) in [7, 11) is 1.92. The molecule has 0 radical (unpaired) electrons. The lowest BCUT2D eigenvalue weighted by Crippen LogP contribution is -2.50. The molecule has 3 heterocycles. The normalized spacial score (nSPS) is 20.1. The number of fused-ring (bicyclic) bond motifs is 1. The van der Waals surface area contributed by atoms with Crippen molar-refractivity contribution in [2.24, 2.45) is 0 Å². The Hall–Kier alpha value is -3.14. The molecule has 0 spiro atoms. The van der Waals surface area contributed by atoms with Crippen LogP contribution >= 0.6 is 0 Å². The summed E-state index contributed by atoms with van der Waals surface area (Å²) < 4.78 is 5.50. The Bertz CT molecular complexity index is 977. The molecule has 2 fully saturated rings. The Morgan fingerprint density at radius 3 is 2.44 bits per heavy atom. The first kappa shape index (κ1) is 22.1. The van der Waals surface area contributed by atoms with Crippen molar-refractivity contribution in [2.45, 2.75) is 44.8 Å². The number of nitrogens with zero attached hydrogens (tertiary/aromatic N) is 4. The summed E-state index contributed by atoms with van der Waals surface area (Å²) in [5.74, 6) is -1.23. The van der Waals surface area contributed by atoms with Gasteiger partial charge in [-0.3, -0.25) is 9.78 Å². The minimum atomic E-state index is -1.04. The average molecular weight is 444 g/mol. The van der Waals surface area contributed by atoms with Crippen LogP contribution in [0.1, 0.15) is 49.7 Å². The first-order valence-electron chi connectivity index (χ1n) is 10.7. The molecule has 4 rings (SSSR count). The van der Waals surface area contributed by atoms with E-state index in [1.165, 1.54) is 12.3 Å². The smallest absolute Gasteiger partial charge is 0.410 e. The molecule has 2 amide bonds. The number of carbonyl (C=O) groups is 3. The summed E-state index contributed by atoms with van der Waals surface area (Å²) in [6.07, 6.45) is 2.41. The van der Waals surface area contributed by atoms with Gasteiger partial charge in [0.15, 0.2) is 0 Å². The monoisotopic (exact) mass is 443 g/mol. The number of hydrazine groups is 1. The highest BCUT2D eigenvalue weighted by Gasteiger charge is 2.48. The second kappa shape index (κ2) is 7.77. The molecule has 10 nitrogen and oxygen atoms in total. The predicted molar refractivity (Wildman–Crippen MR) is 114 cm³/mol. The number of hydrogen-bond donors (Lipinski definition) is 2. The SMILES string of the molecule is CN1CC(C(=O)NC2(c3ccc(C(=O)O)cn3)CC2)=C2CN(C(=O)OC(C)(C)C)CCN21. The molecule has 0 aromatic carbocycles. The quantitative estimate of drug-likeness (QED) is 0.720. The number of hydrogen-bond acceptors (Lipinski definition) is 7. The van der Waals surface area contributed by atoms with Crippen LogP contribution in [-0.2, 0) is 15.1 Å². The Balaban J connectivity index is 1.51. The largest absolute Gasteiger partial charge is 0.478 e. The third kappa shape index (κ3) is 4.27. The predicted octanol–water partition coefficient (Wildman–Crippen LogP) is 1.55. The van der Waals surface area contributed by atoms with E-state index in [0.717, 1.165) is 18.5 Å². The van der Waals surface area contributed by atoms with Crippen LogP contribution in [0.4, 0.5) is 4.79 Å². The Labute approximate surface area is 186 Å². The number of aromatic nitrogens is 1. The maximum atomic E-state index is 13.3. The summed E-state index contributed by atoms with van der Waals surface area (Å²) in [5.41, 5.74) is 1.02. The molecule has 1 aromatic rings. The second-order valence-electron chi connectivity index (χ2n) is 9.54. The van der Waals surface area contributed by atoms with E-state index in [1.807, 2.05) is 37.8 Å². The van der Waals surface area contributed by atoms with Crippen LogP contribution in [0.25, 0.3) is 0 Å². The highest BCUT2D eigenvalue weighted by atomic mass is 16.6. The number of ether oxygens (including phenoxy) is 1. The van der Waals surface area contributed by atoms with Crippen LogP contribution in [-0.4, -0.2) is 81.8 Å². The molecule has 1 aliphatic carbocycles. The maximum absolute atomic E-state index is 13.3. The fourth-order valence-electron chi connectivity index (χ4n) is 4.08. The second-order valence-corrected chi connectivity index (χ2v) is 9.54. The fourth-order valence-corrected chi connectivity index (χ4v) is 4.08. The van der Waals surface area contributed by atoms with E-state index in [-0.39, 0.29) is 17.6 Å². The van der Waals surface area contributed by atoms with E-state index < -0.39 is 17.1 Å². The van der Waals surface area contributed by atoms with Crippen LogP contribution in [0.3, 0.4) is 0 Å². The van der Waals surface area contributed by atoms with Crippen molar-refractivity contribution in [3.8, 4) is 0 Å². The number of likely N-dealkylation sites (N-methyl/N-ethyl adjacent to an activating group) is 1. The summed E-state index contributed by atoms with van der Waals surface area (Å²) in [4.78, 5) is 42.8. The van der Waals surface area contributed by atoms with Gasteiger partial charge in [-0.25, -0.2) is 14.6 Å². The minimum absolute atomic E-state index is 0.110. The van der Waals surface area contributed by atoms with E-state index in [2.05, 4.69) is 10.3 Å². The van der Waals surface area contributed by atoms with Gasteiger partial charge >= 0.3 is 12.1 Å². The summed E-state index contributed by atoms with van der Waals surface area (Å²) in [6.45, 7) is 7.34. The third-order valence-electron chi connectivity index (χ3n) is 5.91. The Morgan fingerprint density at radius 2 is 1.88 bits per heavy atom. The van der Waals surface area contributed by atoms with Crippen LogP contribution in [0, 0.1) is 0 Å². The molecule has 3 aliphatic rings. The molecule has 1 aromatic heterocycles. The van der Waals surface area contributed by atoms with Gasteiger partial charge in [0.25, 0.3) is 5.91 Å². The van der Waals surface area contributed by atoms with Gasteiger partial charge in [0, 0.05) is 19.8 Å². The lowest BCUT2D eigenvalue weighted by Gasteiger charge is -2.38. The molecule has 10 heteroatoms.